The Morgan fingerprint density at radius 2 is 1.76 bits per heavy atom. The second-order valence-corrected chi connectivity index (χ2v) is 6.72. The molecule has 2 nitrogen and oxygen atoms in total. The van der Waals surface area contributed by atoms with E-state index in [9.17, 15) is 0 Å². The molecule has 0 radical (unpaired) electrons. The average Bonchev–Trinajstić information content (AvgIpc) is 2.25. The van der Waals surface area contributed by atoms with E-state index in [4.69, 9.17) is 4.74 Å². The molecule has 1 fully saturated rings. The van der Waals surface area contributed by atoms with Crippen molar-refractivity contribution in [1.29, 1.82) is 0 Å². The number of hydrogen-bond acceptors (Lipinski definition) is 2. The Balaban J connectivity index is 2.04. The van der Waals surface area contributed by atoms with Crippen LogP contribution < -0.4 is 5.32 Å². The summed E-state index contributed by atoms with van der Waals surface area (Å²) >= 11 is 0. The van der Waals surface area contributed by atoms with E-state index in [1.165, 1.54) is 25.7 Å². The van der Waals surface area contributed by atoms with Gasteiger partial charge in [0.2, 0.25) is 0 Å². The van der Waals surface area contributed by atoms with Crippen LogP contribution in [0.2, 0.25) is 0 Å². The molecular formula is C15H31NO. The van der Waals surface area contributed by atoms with Crippen molar-refractivity contribution in [3.8, 4) is 0 Å². The molecule has 0 aromatic rings. The molecule has 1 atom stereocenters. The normalized spacial score (nSPS) is 22.9. The van der Waals surface area contributed by atoms with Crippen molar-refractivity contribution in [3.63, 3.8) is 0 Å². The highest BCUT2D eigenvalue weighted by atomic mass is 16.5. The topological polar surface area (TPSA) is 21.3 Å². The lowest BCUT2D eigenvalue weighted by molar-refractivity contribution is 0.00512. The summed E-state index contributed by atoms with van der Waals surface area (Å²) < 4.78 is 5.94. The standard InChI is InChI=1S/C15H31NO/c1-12(2)13(3)16-10-11-17-14-6-8-15(4,5)9-7-14/h12-14,16H,6-11H2,1-5H3. The van der Waals surface area contributed by atoms with Gasteiger partial charge in [0.15, 0.2) is 0 Å². The Kier molecular flexibility index (Phi) is 5.94. The van der Waals surface area contributed by atoms with Gasteiger partial charge in [0.25, 0.3) is 0 Å². The summed E-state index contributed by atoms with van der Waals surface area (Å²) in [5.74, 6) is 0.700. The second kappa shape index (κ2) is 6.75. The average molecular weight is 241 g/mol. The lowest BCUT2D eigenvalue weighted by Gasteiger charge is -2.34. The van der Waals surface area contributed by atoms with Crippen LogP contribution in [0.1, 0.15) is 60.3 Å². The highest BCUT2D eigenvalue weighted by molar-refractivity contribution is 4.78. The maximum Gasteiger partial charge on any atom is 0.0594 e. The number of hydrogen-bond donors (Lipinski definition) is 1. The highest BCUT2D eigenvalue weighted by Gasteiger charge is 2.26. The Morgan fingerprint density at radius 1 is 1.18 bits per heavy atom. The van der Waals surface area contributed by atoms with Gasteiger partial charge in [-0.1, -0.05) is 27.7 Å². The van der Waals surface area contributed by atoms with Crippen LogP contribution in [0.15, 0.2) is 0 Å². The van der Waals surface area contributed by atoms with Crippen molar-refractivity contribution in [3.05, 3.63) is 0 Å². The van der Waals surface area contributed by atoms with Gasteiger partial charge in [0, 0.05) is 12.6 Å². The minimum atomic E-state index is 0.513. The molecule has 2 heteroatoms. The first-order chi connectivity index (χ1) is 7.91. The molecule has 1 aliphatic carbocycles. The molecule has 0 saturated heterocycles. The first-order valence-corrected chi connectivity index (χ1v) is 7.26. The second-order valence-electron chi connectivity index (χ2n) is 6.72. The largest absolute Gasteiger partial charge is 0.377 e. The maximum atomic E-state index is 5.94. The highest BCUT2D eigenvalue weighted by Crippen LogP contribution is 2.35. The fourth-order valence-corrected chi connectivity index (χ4v) is 2.29. The predicted octanol–water partition coefficient (Wildman–Crippen LogP) is 3.61. The molecule has 0 bridgehead atoms. The van der Waals surface area contributed by atoms with Crippen LogP contribution in [0.4, 0.5) is 0 Å². The zero-order valence-electron chi connectivity index (χ0n) is 12.4. The molecule has 1 saturated carbocycles. The summed E-state index contributed by atoms with van der Waals surface area (Å²) in [5.41, 5.74) is 0.546. The van der Waals surface area contributed by atoms with E-state index in [1.54, 1.807) is 0 Å². The molecule has 1 aliphatic rings. The summed E-state index contributed by atoms with van der Waals surface area (Å²) in [6, 6.07) is 0.587. The van der Waals surface area contributed by atoms with Gasteiger partial charge in [0.1, 0.15) is 0 Å². The van der Waals surface area contributed by atoms with Crippen LogP contribution in [-0.2, 0) is 4.74 Å². The van der Waals surface area contributed by atoms with E-state index in [1.807, 2.05) is 0 Å². The van der Waals surface area contributed by atoms with Crippen molar-refractivity contribution >= 4 is 0 Å². The fraction of sp³-hybridized carbons (Fsp3) is 1.00. The molecule has 1 N–H and O–H groups in total. The molecule has 0 heterocycles. The first-order valence-electron chi connectivity index (χ1n) is 7.26. The van der Waals surface area contributed by atoms with E-state index in [0.29, 0.717) is 23.5 Å². The van der Waals surface area contributed by atoms with Gasteiger partial charge in [0.05, 0.1) is 12.7 Å². The van der Waals surface area contributed by atoms with E-state index < -0.39 is 0 Å². The van der Waals surface area contributed by atoms with Gasteiger partial charge in [-0.05, 0) is 43.9 Å². The third-order valence-electron chi connectivity index (χ3n) is 4.21. The molecule has 17 heavy (non-hydrogen) atoms. The Morgan fingerprint density at radius 3 is 2.29 bits per heavy atom. The van der Waals surface area contributed by atoms with Crippen molar-refractivity contribution in [2.45, 2.75) is 72.4 Å². The van der Waals surface area contributed by atoms with Gasteiger partial charge in [-0.25, -0.2) is 0 Å². The Labute approximate surface area is 108 Å². The van der Waals surface area contributed by atoms with Crippen molar-refractivity contribution < 1.29 is 4.74 Å². The molecular weight excluding hydrogens is 210 g/mol. The van der Waals surface area contributed by atoms with Crippen LogP contribution in [0.25, 0.3) is 0 Å². The Hall–Kier alpha value is -0.0800. The van der Waals surface area contributed by atoms with Crippen LogP contribution in [0, 0.1) is 11.3 Å². The van der Waals surface area contributed by atoms with Gasteiger partial charge >= 0.3 is 0 Å². The predicted molar refractivity (Wildman–Crippen MR) is 74.3 cm³/mol. The van der Waals surface area contributed by atoms with E-state index in [2.05, 4.69) is 39.9 Å². The lowest BCUT2D eigenvalue weighted by atomic mass is 9.76. The third kappa shape index (κ3) is 5.87. The van der Waals surface area contributed by atoms with Crippen molar-refractivity contribution in [1.82, 2.24) is 5.32 Å². The molecule has 1 unspecified atom stereocenters. The summed E-state index contributed by atoms with van der Waals surface area (Å²) in [6.07, 6.45) is 5.62. The molecule has 0 aromatic heterocycles. The van der Waals surface area contributed by atoms with E-state index in [-0.39, 0.29) is 0 Å². The van der Waals surface area contributed by atoms with Crippen molar-refractivity contribution in [2.75, 3.05) is 13.2 Å². The number of rotatable bonds is 6. The third-order valence-corrected chi connectivity index (χ3v) is 4.21. The minimum absolute atomic E-state index is 0.513. The van der Waals surface area contributed by atoms with Gasteiger partial charge in [-0.15, -0.1) is 0 Å². The molecule has 0 aromatic carbocycles. The number of ether oxygens (including phenoxy) is 1. The lowest BCUT2D eigenvalue weighted by Crippen LogP contribution is -2.35. The molecule has 0 spiro atoms. The Bertz CT molecular complexity index is 203. The zero-order valence-corrected chi connectivity index (χ0v) is 12.4. The van der Waals surface area contributed by atoms with Gasteiger partial charge in [-0.3, -0.25) is 0 Å². The maximum absolute atomic E-state index is 5.94. The molecule has 0 amide bonds. The summed E-state index contributed by atoms with van der Waals surface area (Å²) in [4.78, 5) is 0. The summed E-state index contributed by atoms with van der Waals surface area (Å²) in [7, 11) is 0. The van der Waals surface area contributed by atoms with Gasteiger partial charge in [-0.2, -0.15) is 0 Å². The van der Waals surface area contributed by atoms with Crippen LogP contribution in [0.5, 0.6) is 0 Å². The van der Waals surface area contributed by atoms with E-state index >= 15 is 0 Å². The van der Waals surface area contributed by atoms with Crippen LogP contribution >= 0.6 is 0 Å². The zero-order chi connectivity index (χ0) is 12.9. The van der Waals surface area contributed by atoms with Crippen LogP contribution in [0.3, 0.4) is 0 Å². The van der Waals surface area contributed by atoms with Crippen LogP contribution in [-0.4, -0.2) is 25.3 Å². The monoisotopic (exact) mass is 241 g/mol. The molecule has 1 rings (SSSR count). The smallest absolute Gasteiger partial charge is 0.0594 e. The summed E-state index contributed by atoms with van der Waals surface area (Å²) in [6.45, 7) is 13.3. The van der Waals surface area contributed by atoms with Gasteiger partial charge < -0.3 is 10.1 Å². The number of nitrogens with one attached hydrogen (secondary N) is 1. The summed E-state index contributed by atoms with van der Waals surface area (Å²) in [5, 5.41) is 3.51. The minimum Gasteiger partial charge on any atom is -0.377 e. The van der Waals surface area contributed by atoms with E-state index in [0.717, 1.165) is 13.2 Å². The fourth-order valence-electron chi connectivity index (χ4n) is 2.29. The van der Waals surface area contributed by atoms with Crippen molar-refractivity contribution in [2.24, 2.45) is 11.3 Å². The molecule has 0 aliphatic heterocycles. The quantitative estimate of drug-likeness (QED) is 0.717. The molecule has 102 valence electrons. The SMILES string of the molecule is CC(C)C(C)NCCOC1CCC(C)(C)CC1. The first kappa shape index (κ1) is 15.0.